The van der Waals surface area contributed by atoms with Crippen LogP contribution in [0.15, 0.2) is 24.4 Å². The molecule has 0 radical (unpaired) electrons. The van der Waals surface area contributed by atoms with Crippen molar-refractivity contribution in [2.75, 3.05) is 27.1 Å². The first-order valence-corrected chi connectivity index (χ1v) is 9.31. The van der Waals surface area contributed by atoms with Crippen molar-refractivity contribution in [2.24, 2.45) is 0 Å². The van der Waals surface area contributed by atoms with Gasteiger partial charge in [0.2, 0.25) is 0 Å². The Balaban J connectivity index is 2.33. The molecule has 1 aromatic rings. The summed E-state index contributed by atoms with van der Waals surface area (Å²) in [5.41, 5.74) is 1.14. The molecule has 19 heavy (non-hydrogen) atoms. The Morgan fingerprint density at radius 2 is 1.89 bits per heavy atom. The highest BCUT2D eigenvalue weighted by molar-refractivity contribution is 7.99. The molecule has 1 rings (SSSR count). The van der Waals surface area contributed by atoms with E-state index in [1.54, 1.807) is 21.3 Å². The van der Waals surface area contributed by atoms with E-state index < -0.39 is 8.80 Å². The van der Waals surface area contributed by atoms with Crippen molar-refractivity contribution in [1.82, 2.24) is 4.98 Å². The minimum absolute atomic E-state index is 0.440. The number of pyridine rings is 1. The van der Waals surface area contributed by atoms with E-state index in [0.29, 0.717) is 5.25 Å². The zero-order chi connectivity index (χ0) is 14.1. The number of nitrogens with zero attached hydrogens (tertiary/aromatic N) is 1. The van der Waals surface area contributed by atoms with Crippen LogP contribution in [0.3, 0.4) is 0 Å². The van der Waals surface area contributed by atoms with Gasteiger partial charge in [0.05, 0.1) is 0 Å². The molecule has 1 unspecified atom stereocenters. The van der Waals surface area contributed by atoms with E-state index in [2.05, 4.69) is 18.0 Å². The SMILES string of the molecule is CO[Si](CC(C)SCCc1ccccn1)(OC)OC. The Morgan fingerprint density at radius 1 is 1.21 bits per heavy atom. The fourth-order valence-corrected chi connectivity index (χ4v) is 5.34. The maximum Gasteiger partial charge on any atom is 0.501 e. The van der Waals surface area contributed by atoms with Crippen molar-refractivity contribution in [1.29, 1.82) is 0 Å². The Labute approximate surface area is 121 Å². The summed E-state index contributed by atoms with van der Waals surface area (Å²) in [4.78, 5) is 4.32. The molecule has 0 amide bonds. The van der Waals surface area contributed by atoms with Crippen molar-refractivity contribution in [2.45, 2.75) is 24.6 Å². The average molecular weight is 301 g/mol. The molecular formula is C13H23NO3SSi. The second-order valence-electron chi connectivity index (χ2n) is 4.25. The molecule has 1 atom stereocenters. The second kappa shape index (κ2) is 8.71. The molecule has 0 aromatic carbocycles. The molecule has 6 heteroatoms. The van der Waals surface area contributed by atoms with Crippen molar-refractivity contribution in [3.8, 4) is 0 Å². The van der Waals surface area contributed by atoms with Crippen LogP contribution in [0.2, 0.25) is 6.04 Å². The summed E-state index contributed by atoms with van der Waals surface area (Å²) in [5.74, 6) is 1.04. The van der Waals surface area contributed by atoms with Gasteiger partial charge in [-0.05, 0) is 24.3 Å². The Bertz CT molecular complexity index is 341. The fraction of sp³-hybridized carbons (Fsp3) is 0.615. The maximum atomic E-state index is 5.44. The van der Waals surface area contributed by atoms with Crippen LogP contribution in [0.25, 0.3) is 0 Å². The quantitative estimate of drug-likeness (QED) is 0.656. The lowest BCUT2D eigenvalue weighted by atomic mass is 10.3. The minimum Gasteiger partial charge on any atom is -0.377 e. The van der Waals surface area contributed by atoms with Gasteiger partial charge < -0.3 is 13.3 Å². The molecule has 0 spiro atoms. The number of aromatic nitrogens is 1. The van der Waals surface area contributed by atoms with E-state index in [1.807, 2.05) is 30.1 Å². The molecule has 1 aromatic heterocycles. The van der Waals surface area contributed by atoms with E-state index in [9.17, 15) is 0 Å². The largest absolute Gasteiger partial charge is 0.501 e. The van der Waals surface area contributed by atoms with Crippen molar-refractivity contribution < 1.29 is 13.3 Å². The van der Waals surface area contributed by atoms with Crippen LogP contribution in [-0.4, -0.2) is 46.1 Å². The summed E-state index contributed by atoms with van der Waals surface area (Å²) in [6.07, 6.45) is 2.82. The van der Waals surface area contributed by atoms with Gasteiger partial charge in [-0.3, -0.25) is 4.98 Å². The van der Waals surface area contributed by atoms with Gasteiger partial charge in [0, 0.05) is 44.5 Å². The topological polar surface area (TPSA) is 40.6 Å². The van der Waals surface area contributed by atoms with Crippen LogP contribution < -0.4 is 0 Å². The van der Waals surface area contributed by atoms with Crippen LogP contribution in [0.5, 0.6) is 0 Å². The maximum absolute atomic E-state index is 5.44. The molecule has 0 N–H and O–H groups in total. The molecule has 0 saturated heterocycles. The normalized spacial score (nSPS) is 13.5. The van der Waals surface area contributed by atoms with Crippen molar-refractivity contribution in [3.05, 3.63) is 30.1 Å². The third kappa shape index (κ3) is 5.62. The predicted molar refractivity (Wildman–Crippen MR) is 81.4 cm³/mol. The van der Waals surface area contributed by atoms with Gasteiger partial charge in [-0.15, -0.1) is 0 Å². The molecule has 0 aliphatic heterocycles. The summed E-state index contributed by atoms with van der Waals surface area (Å²) >= 11 is 1.90. The van der Waals surface area contributed by atoms with Crippen LogP contribution in [0.1, 0.15) is 12.6 Å². The molecule has 1 heterocycles. The fourth-order valence-electron chi connectivity index (χ4n) is 1.82. The molecule has 0 aliphatic rings. The smallest absolute Gasteiger partial charge is 0.377 e. The first kappa shape index (κ1) is 16.7. The molecule has 108 valence electrons. The van der Waals surface area contributed by atoms with Gasteiger partial charge in [-0.2, -0.15) is 11.8 Å². The highest BCUT2D eigenvalue weighted by Crippen LogP contribution is 2.24. The Hall–Kier alpha value is -0.403. The van der Waals surface area contributed by atoms with Crippen LogP contribution in [0, 0.1) is 0 Å². The van der Waals surface area contributed by atoms with Gasteiger partial charge in [0.15, 0.2) is 0 Å². The summed E-state index contributed by atoms with van der Waals surface area (Å²) in [6, 6.07) is 6.84. The minimum atomic E-state index is -2.45. The van der Waals surface area contributed by atoms with E-state index in [0.717, 1.165) is 23.9 Å². The summed E-state index contributed by atoms with van der Waals surface area (Å²) in [6.45, 7) is 2.18. The number of thioether (sulfide) groups is 1. The van der Waals surface area contributed by atoms with Gasteiger partial charge in [0.25, 0.3) is 0 Å². The molecule has 0 fully saturated rings. The average Bonchev–Trinajstić information content (AvgIpc) is 2.46. The molecule has 4 nitrogen and oxygen atoms in total. The van der Waals surface area contributed by atoms with Gasteiger partial charge in [-0.1, -0.05) is 13.0 Å². The van der Waals surface area contributed by atoms with E-state index >= 15 is 0 Å². The van der Waals surface area contributed by atoms with E-state index in [1.165, 1.54) is 0 Å². The van der Waals surface area contributed by atoms with Gasteiger partial charge in [-0.25, -0.2) is 0 Å². The predicted octanol–water partition coefficient (Wildman–Crippen LogP) is 2.62. The highest BCUT2D eigenvalue weighted by Gasteiger charge is 2.39. The lowest BCUT2D eigenvalue weighted by molar-refractivity contribution is 0.124. The standard InChI is InChI=1S/C13H23NO3SSi/c1-12(11-19(15-2,16-3)17-4)18-10-8-13-7-5-6-9-14-13/h5-7,9,12H,8,10-11H2,1-4H3. The lowest BCUT2D eigenvalue weighted by Crippen LogP contribution is -2.44. The van der Waals surface area contributed by atoms with E-state index in [4.69, 9.17) is 13.3 Å². The van der Waals surface area contributed by atoms with Crippen LogP contribution >= 0.6 is 11.8 Å². The van der Waals surface area contributed by atoms with Crippen molar-refractivity contribution >= 4 is 20.6 Å². The Morgan fingerprint density at radius 3 is 2.42 bits per heavy atom. The van der Waals surface area contributed by atoms with E-state index in [-0.39, 0.29) is 0 Å². The zero-order valence-corrected chi connectivity index (χ0v) is 13.9. The first-order chi connectivity index (χ1) is 9.15. The number of rotatable bonds is 9. The van der Waals surface area contributed by atoms with Gasteiger partial charge >= 0.3 is 8.80 Å². The van der Waals surface area contributed by atoms with Gasteiger partial charge in [0.1, 0.15) is 0 Å². The second-order valence-corrected chi connectivity index (χ2v) is 8.80. The Kier molecular flexibility index (Phi) is 7.63. The third-order valence-electron chi connectivity index (χ3n) is 2.96. The third-order valence-corrected chi connectivity index (χ3v) is 7.41. The van der Waals surface area contributed by atoms with Crippen LogP contribution in [-0.2, 0) is 19.7 Å². The number of hydrogen-bond donors (Lipinski definition) is 0. The first-order valence-electron chi connectivity index (χ1n) is 6.32. The lowest BCUT2D eigenvalue weighted by Gasteiger charge is -2.26. The number of hydrogen-bond acceptors (Lipinski definition) is 5. The monoisotopic (exact) mass is 301 g/mol. The molecule has 0 aliphatic carbocycles. The van der Waals surface area contributed by atoms with Crippen LogP contribution in [0.4, 0.5) is 0 Å². The number of aryl methyl sites for hydroxylation is 1. The highest BCUT2D eigenvalue weighted by atomic mass is 32.2. The molecule has 0 bridgehead atoms. The summed E-state index contributed by atoms with van der Waals surface area (Å²) < 4.78 is 16.3. The molecular weight excluding hydrogens is 278 g/mol. The summed E-state index contributed by atoms with van der Waals surface area (Å²) in [7, 11) is 2.53. The summed E-state index contributed by atoms with van der Waals surface area (Å²) in [5, 5.41) is 0.440. The van der Waals surface area contributed by atoms with Crippen molar-refractivity contribution in [3.63, 3.8) is 0 Å². The molecule has 0 saturated carbocycles. The zero-order valence-electron chi connectivity index (χ0n) is 12.1.